The van der Waals surface area contributed by atoms with Crippen molar-refractivity contribution in [2.75, 3.05) is 5.32 Å². The Hall–Kier alpha value is -3.41. The van der Waals surface area contributed by atoms with Gasteiger partial charge in [0.1, 0.15) is 17.9 Å². The van der Waals surface area contributed by atoms with Crippen molar-refractivity contribution in [1.29, 1.82) is 0 Å². The number of aromatic nitrogens is 3. The molecule has 0 atom stereocenters. The Morgan fingerprint density at radius 1 is 1.04 bits per heavy atom. The Morgan fingerprint density at radius 3 is 2.63 bits per heavy atom. The summed E-state index contributed by atoms with van der Waals surface area (Å²) in [5, 5.41) is 3.26. The van der Waals surface area contributed by atoms with Gasteiger partial charge in [0.2, 0.25) is 5.95 Å². The second kappa shape index (κ2) is 7.45. The Kier molecular flexibility index (Phi) is 4.70. The van der Waals surface area contributed by atoms with E-state index in [-0.39, 0.29) is 5.82 Å². The summed E-state index contributed by atoms with van der Waals surface area (Å²) in [7, 11) is 1.87. The molecule has 0 aliphatic heterocycles. The van der Waals surface area contributed by atoms with Crippen molar-refractivity contribution in [1.82, 2.24) is 14.5 Å². The largest absolute Gasteiger partial charge is 0.489 e. The van der Waals surface area contributed by atoms with Gasteiger partial charge in [-0.05, 0) is 35.9 Å². The Bertz CT molecular complexity index is 1050. The van der Waals surface area contributed by atoms with Crippen molar-refractivity contribution in [2.24, 2.45) is 7.05 Å². The van der Waals surface area contributed by atoms with Gasteiger partial charge < -0.3 is 14.6 Å². The number of imidazole rings is 1. The predicted molar refractivity (Wildman–Crippen MR) is 103 cm³/mol. The maximum atomic E-state index is 13.9. The molecule has 0 aliphatic carbocycles. The molecular formula is C21H19FN4O. The van der Waals surface area contributed by atoms with E-state index in [1.807, 2.05) is 54.1 Å². The zero-order chi connectivity index (χ0) is 18.6. The molecule has 0 radical (unpaired) electrons. The predicted octanol–water partition coefficient (Wildman–Crippen LogP) is 4.30. The van der Waals surface area contributed by atoms with Gasteiger partial charge in [0.15, 0.2) is 5.82 Å². The van der Waals surface area contributed by atoms with E-state index in [1.54, 1.807) is 18.5 Å². The normalized spacial score (nSPS) is 10.9. The lowest BCUT2D eigenvalue weighted by Crippen LogP contribution is -2.05. The number of aryl methyl sites for hydroxylation is 1. The van der Waals surface area contributed by atoms with Crippen LogP contribution in [0.15, 0.2) is 67.0 Å². The first-order chi connectivity index (χ1) is 13.2. The summed E-state index contributed by atoms with van der Waals surface area (Å²) in [6, 6.07) is 16.7. The van der Waals surface area contributed by atoms with Crippen LogP contribution in [0.4, 0.5) is 10.3 Å². The molecule has 0 amide bonds. The third-order valence-electron chi connectivity index (χ3n) is 4.36. The summed E-state index contributed by atoms with van der Waals surface area (Å²) in [6.07, 6.45) is 3.53. The molecule has 5 nitrogen and oxygen atoms in total. The Labute approximate surface area is 156 Å². The van der Waals surface area contributed by atoms with Crippen LogP contribution in [-0.4, -0.2) is 14.5 Å². The van der Waals surface area contributed by atoms with Crippen molar-refractivity contribution in [2.45, 2.75) is 13.2 Å². The van der Waals surface area contributed by atoms with E-state index in [2.05, 4.69) is 15.3 Å². The number of para-hydroxylation sites is 1. The quantitative estimate of drug-likeness (QED) is 0.556. The molecule has 6 heteroatoms. The van der Waals surface area contributed by atoms with Crippen LogP contribution in [0.3, 0.4) is 0 Å². The highest BCUT2D eigenvalue weighted by Crippen LogP contribution is 2.21. The number of fused-ring (bicyclic) bond motifs is 1. The van der Waals surface area contributed by atoms with E-state index >= 15 is 0 Å². The molecule has 27 heavy (non-hydrogen) atoms. The second-order valence-corrected chi connectivity index (χ2v) is 6.25. The van der Waals surface area contributed by atoms with Crippen LogP contribution in [0, 0.1) is 5.82 Å². The summed E-state index contributed by atoms with van der Waals surface area (Å²) >= 11 is 0. The molecule has 0 saturated heterocycles. The van der Waals surface area contributed by atoms with Crippen molar-refractivity contribution in [3.05, 3.63) is 83.9 Å². The number of nitrogens with one attached hydrogen (secondary N) is 1. The minimum Gasteiger partial charge on any atom is -0.489 e. The molecule has 0 unspecified atom stereocenters. The summed E-state index contributed by atoms with van der Waals surface area (Å²) < 4.78 is 21.5. The SMILES string of the molecule is Cn1c(NCc2ccc(OCc3cccnc3)cc2)nc2c(F)cccc21. The number of ether oxygens (including phenoxy) is 1. The number of hydrogen-bond acceptors (Lipinski definition) is 4. The fourth-order valence-electron chi connectivity index (χ4n) is 2.87. The highest BCUT2D eigenvalue weighted by molar-refractivity contribution is 5.79. The van der Waals surface area contributed by atoms with Gasteiger partial charge in [0.25, 0.3) is 0 Å². The molecule has 1 N–H and O–H groups in total. The van der Waals surface area contributed by atoms with Crippen molar-refractivity contribution >= 4 is 17.0 Å². The smallest absolute Gasteiger partial charge is 0.203 e. The van der Waals surface area contributed by atoms with E-state index < -0.39 is 0 Å². The van der Waals surface area contributed by atoms with Gasteiger partial charge >= 0.3 is 0 Å². The van der Waals surface area contributed by atoms with Crippen LogP contribution in [0.1, 0.15) is 11.1 Å². The van der Waals surface area contributed by atoms with Crippen LogP contribution < -0.4 is 10.1 Å². The molecular weight excluding hydrogens is 343 g/mol. The second-order valence-electron chi connectivity index (χ2n) is 6.25. The highest BCUT2D eigenvalue weighted by atomic mass is 19.1. The number of anilines is 1. The Morgan fingerprint density at radius 2 is 1.89 bits per heavy atom. The van der Waals surface area contributed by atoms with Crippen molar-refractivity contribution < 1.29 is 9.13 Å². The molecule has 136 valence electrons. The minimum absolute atomic E-state index is 0.314. The van der Waals surface area contributed by atoms with E-state index in [4.69, 9.17) is 4.74 Å². The Balaban J connectivity index is 1.39. The van der Waals surface area contributed by atoms with Gasteiger partial charge in [0.05, 0.1) is 5.52 Å². The molecule has 4 aromatic rings. The number of halogens is 1. The molecule has 0 bridgehead atoms. The van der Waals surface area contributed by atoms with Crippen LogP contribution in [0.2, 0.25) is 0 Å². The van der Waals surface area contributed by atoms with E-state index in [9.17, 15) is 4.39 Å². The fourth-order valence-corrected chi connectivity index (χ4v) is 2.87. The number of benzene rings is 2. The molecule has 0 saturated carbocycles. The number of hydrogen-bond donors (Lipinski definition) is 1. The third kappa shape index (κ3) is 3.74. The summed E-state index contributed by atoms with van der Waals surface area (Å²) in [5.74, 6) is 1.12. The van der Waals surface area contributed by atoms with Gasteiger partial charge in [-0.2, -0.15) is 0 Å². The first kappa shape index (κ1) is 17.0. The molecule has 2 aromatic carbocycles. The average Bonchev–Trinajstić information content (AvgIpc) is 3.04. The summed E-state index contributed by atoms with van der Waals surface area (Å²) in [4.78, 5) is 8.43. The highest BCUT2D eigenvalue weighted by Gasteiger charge is 2.10. The molecule has 0 spiro atoms. The van der Waals surface area contributed by atoms with Crippen LogP contribution >= 0.6 is 0 Å². The average molecular weight is 362 g/mol. The number of rotatable bonds is 6. The van der Waals surface area contributed by atoms with Crippen LogP contribution in [0.5, 0.6) is 5.75 Å². The van der Waals surface area contributed by atoms with E-state index in [1.165, 1.54) is 6.07 Å². The lowest BCUT2D eigenvalue weighted by Gasteiger charge is -2.09. The van der Waals surface area contributed by atoms with Crippen LogP contribution in [-0.2, 0) is 20.2 Å². The maximum absolute atomic E-state index is 13.9. The maximum Gasteiger partial charge on any atom is 0.203 e. The van der Waals surface area contributed by atoms with E-state index in [0.717, 1.165) is 22.4 Å². The number of nitrogens with zero attached hydrogens (tertiary/aromatic N) is 3. The standard InChI is InChI=1S/C21H19FN4O/c1-26-19-6-2-5-18(22)20(19)25-21(26)24-13-15-7-9-17(10-8-15)27-14-16-4-3-11-23-12-16/h2-12H,13-14H2,1H3,(H,24,25). The number of pyridine rings is 1. The first-order valence-corrected chi connectivity index (χ1v) is 8.66. The lowest BCUT2D eigenvalue weighted by molar-refractivity contribution is 0.305. The first-order valence-electron chi connectivity index (χ1n) is 8.66. The van der Waals surface area contributed by atoms with Crippen molar-refractivity contribution in [3.63, 3.8) is 0 Å². The minimum atomic E-state index is -0.314. The fraction of sp³-hybridized carbons (Fsp3) is 0.143. The van der Waals surface area contributed by atoms with Crippen LogP contribution in [0.25, 0.3) is 11.0 Å². The summed E-state index contributed by atoms with van der Waals surface area (Å²) in [5.41, 5.74) is 3.24. The zero-order valence-electron chi connectivity index (χ0n) is 14.9. The lowest BCUT2D eigenvalue weighted by atomic mass is 10.2. The van der Waals surface area contributed by atoms with Gasteiger partial charge in [0, 0.05) is 31.5 Å². The summed E-state index contributed by atoms with van der Waals surface area (Å²) in [6.45, 7) is 1.07. The zero-order valence-corrected chi connectivity index (χ0v) is 14.9. The third-order valence-corrected chi connectivity index (χ3v) is 4.36. The van der Waals surface area contributed by atoms with Crippen molar-refractivity contribution in [3.8, 4) is 5.75 Å². The molecule has 2 aromatic heterocycles. The van der Waals surface area contributed by atoms with Gasteiger partial charge in [-0.3, -0.25) is 4.98 Å². The van der Waals surface area contributed by atoms with Gasteiger partial charge in [-0.25, -0.2) is 9.37 Å². The van der Waals surface area contributed by atoms with E-state index in [0.29, 0.717) is 24.6 Å². The van der Waals surface area contributed by atoms with Gasteiger partial charge in [-0.15, -0.1) is 0 Å². The molecule has 0 aliphatic rings. The monoisotopic (exact) mass is 362 g/mol. The topological polar surface area (TPSA) is 52.0 Å². The molecule has 0 fully saturated rings. The molecule has 4 rings (SSSR count). The van der Waals surface area contributed by atoms with Gasteiger partial charge in [-0.1, -0.05) is 24.3 Å². The molecule has 2 heterocycles.